The van der Waals surface area contributed by atoms with Gasteiger partial charge in [-0.05, 0) is 12.8 Å². The first kappa shape index (κ1) is 12.7. The van der Waals surface area contributed by atoms with Gasteiger partial charge in [0.1, 0.15) is 0 Å². The molecule has 1 aromatic heterocycles. The van der Waals surface area contributed by atoms with Gasteiger partial charge in [-0.1, -0.05) is 6.92 Å². The third-order valence-corrected chi connectivity index (χ3v) is 1.98. The summed E-state index contributed by atoms with van der Waals surface area (Å²) in [5.41, 5.74) is 0. The topological polar surface area (TPSA) is 56.3 Å². The lowest BCUT2D eigenvalue weighted by atomic mass is 10.2. The van der Waals surface area contributed by atoms with Crippen LogP contribution in [0.4, 0.5) is 5.95 Å². The van der Waals surface area contributed by atoms with Gasteiger partial charge in [0, 0.05) is 25.9 Å². The summed E-state index contributed by atoms with van der Waals surface area (Å²) >= 11 is 0. The predicted molar refractivity (Wildman–Crippen MR) is 62.7 cm³/mol. The highest BCUT2D eigenvalue weighted by Gasteiger charge is 2.03. The van der Waals surface area contributed by atoms with Crippen molar-refractivity contribution in [2.75, 3.05) is 32.2 Å². The van der Waals surface area contributed by atoms with Crippen molar-refractivity contribution in [3.05, 3.63) is 12.3 Å². The molecule has 0 aromatic carbocycles. The van der Waals surface area contributed by atoms with Crippen LogP contribution in [0, 0.1) is 5.92 Å². The monoisotopic (exact) mass is 225 g/mol. The van der Waals surface area contributed by atoms with Gasteiger partial charge < -0.3 is 14.8 Å². The van der Waals surface area contributed by atoms with E-state index in [1.807, 2.05) is 6.92 Å². The normalized spacial score (nSPS) is 12.2. The van der Waals surface area contributed by atoms with Crippen LogP contribution in [0.3, 0.4) is 0 Å². The van der Waals surface area contributed by atoms with Crippen molar-refractivity contribution in [3.63, 3.8) is 0 Å². The number of hydrogen-bond acceptors (Lipinski definition) is 5. The maximum Gasteiger partial charge on any atom is 0.225 e. The minimum Gasteiger partial charge on any atom is -0.478 e. The first-order valence-corrected chi connectivity index (χ1v) is 5.45. The number of nitrogens with one attached hydrogen (secondary N) is 1. The Morgan fingerprint density at radius 1 is 1.50 bits per heavy atom. The lowest BCUT2D eigenvalue weighted by Gasteiger charge is -2.11. The van der Waals surface area contributed by atoms with E-state index < -0.39 is 0 Å². The molecule has 0 fully saturated rings. The fourth-order valence-corrected chi connectivity index (χ4v) is 1.26. The van der Waals surface area contributed by atoms with Crippen LogP contribution in [0.1, 0.15) is 13.8 Å². The molecule has 0 amide bonds. The van der Waals surface area contributed by atoms with Crippen molar-refractivity contribution in [3.8, 4) is 5.88 Å². The lowest BCUT2D eigenvalue weighted by Crippen LogP contribution is -2.17. The van der Waals surface area contributed by atoms with E-state index in [4.69, 9.17) is 9.47 Å². The van der Waals surface area contributed by atoms with Gasteiger partial charge in [0.2, 0.25) is 11.8 Å². The zero-order valence-electron chi connectivity index (χ0n) is 10.1. The van der Waals surface area contributed by atoms with Crippen LogP contribution in [0.15, 0.2) is 12.3 Å². The maximum atomic E-state index is 5.29. The minimum atomic E-state index is 0.421. The molecular weight excluding hydrogens is 206 g/mol. The average Bonchev–Trinajstić information content (AvgIpc) is 2.28. The SMILES string of the molecule is CCOc1ccnc(NCC(C)COC)n1. The zero-order chi connectivity index (χ0) is 11.8. The van der Waals surface area contributed by atoms with E-state index in [1.54, 1.807) is 19.4 Å². The van der Waals surface area contributed by atoms with Gasteiger partial charge in [-0.15, -0.1) is 0 Å². The maximum absolute atomic E-state index is 5.29. The lowest BCUT2D eigenvalue weighted by molar-refractivity contribution is 0.164. The van der Waals surface area contributed by atoms with Gasteiger partial charge in [0.05, 0.1) is 13.2 Å². The highest BCUT2D eigenvalue weighted by molar-refractivity contribution is 5.27. The predicted octanol–water partition coefficient (Wildman–Crippen LogP) is 1.57. The van der Waals surface area contributed by atoms with Crippen LogP contribution in [0.2, 0.25) is 0 Å². The van der Waals surface area contributed by atoms with Gasteiger partial charge in [-0.2, -0.15) is 4.98 Å². The number of hydrogen-bond donors (Lipinski definition) is 1. The summed E-state index contributed by atoms with van der Waals surface area (Å²) in [4.78, 5) is 8.32. The Labute approximate surface area is 96.2 Å². The van der Waals surface area contributed by atoms with E-state index >= 15 is 0 Å². The summed E-state index contributed by atoms with van der Waals surface area (Å²) in [7, 11) is 1.70. The van der Waals surface area contributed by atoms with Gasteiger partial charge in [-0.3, -0.25) is 0 Å². The first-order chi connectivity index (χ1) is 7.76. The van der Waals surface area contributed by atoms with Crippen molar-refractivity contribution in [2.45, 2.75) is 13.8 Å². The average molecular weight is 225 g/mol. The molecule has 0 aliphatic carbocycles. The second-order valence-electron chi connectivity index (χ2n) is 3.59. The van der Waals surface area contributed by atoms with Crippen LogP contribution in [0.5, 0.6) is 5.88 Å². The first-order valence-electron chi connectivity index (χ1n) is 5.45. The summed E-state index contributed by atoms with van der Waals surface area (Å²) in [5, 5.41) is 3.15. The molecular formula is C11H19N3O2. The Hall–Kier alpha value is -1.36. The molecule has 5 heteroatoms. The fourth-order valence-electron chi connectivity index (χ4n) is 1.26. The summed E-state index contributed by atoms with van der Waals surface area (Å²) in [5.74, 6) is 1.61. The Kier molecular flexibility index (Phi) is 5.56. The Morgan fingerprint density at radius 3 is 3.00 bits per heavy atom. The smallest absolute Gasteiger partial charge is 0.225 e. The number of ether oxygens (including phenoxy) is 2. The molecule has 1 atom stereocenters. The van der Waals surface area contributed by atoms with Crippen molar-refractivity contribution in [1.29, 1.82) is 0 Å². The largest absolute Gasteiger partial charge is 0.478 e. The molecule has 0 bridgehead atoms. The Bertz CT molecular complexity index is 307. The Morgan fingerprint density at radius 2 is 2.31 bits per heavy atom. The summed E-state index contributed by atoms with van der Waals surface area (Å²) < 4.78 is 10.3. The van der Waals surface area contributed by atoms with E-state index in [2.05, 4.69) is 22.2 Å². The Balaban J connectivity index is 2.44. The van der Waals surface area contributed by atoms with E-state index in [0.717, 1.165) is 13.2 Å². The molecule has 1 heterocycles. The molecule has 90 valence electrons. The second-order valence-corrected chi connectivity index (χ2v) is 3.59. The van der Waals surface area contributed by atoms with Crippen LogP contribution >= 0.6 is 0 Å². The minimum absolute atomic E-state index is 0.421. The number of aromatic nitrogens is 2. The molecule has 1 N–H and O–H groups in total. The van der Waals surface area contributed by atoms with E-state index in [-0.39, 0.29) is 0 Å². The number of anilines is 1. The van der Waals surface area contributed by atoms with Gasteiger partial charge in [0.15, 0.2) is 0 Å². The number of nitrogens with zero attached hydrogens (tertiary/aromatic N) is 2. The van der Waals surface area contributed by atoms with Crippen molar-refractivity contribution < 1.29 is 9.47 Å². The summed E-state index contributed by atoms with van der Waals surface area (Å²) in [6.45, 7) is 6.14. The van der Waals surface area contributed by atoms with E-state index in [9.17, 15) is 0 Å². The molecule has 1 aromatic rings. The summed E-state index contributed by atoms with van der Waals surface area (Å²) in [6, 6.07) is 1.74. The fraction of sp³-hybridized carbons (Fsp3) is 0.636. The number of methoxy groups -OCH3 is 1. The zero-order valence-corrected chi connectivity index (χ0v) is 10.1. The standard InChI is InChI=1S/C11H19N3O2/c1-4-16-10-5-6-12-11(14-10)13-7-9(2)8-15-3/h5-6,9H,4,7-8H2,1-3H3,(H,12,13,14). The molecule has 0 radical (unpaired) electrons. The van der Waals surface area contributed by atoms with E-state index in [1.165, 1.54) is 0 Å². The van der Waals surface area contributed by atoms with Crippen molar-refractivity contribution >= 4 is 5.95 Å². The van der Waals surface area contributed by atoms with Crippen LogP contribution in [-0.4, -0.2) is 36.8 Å². The molecule has 1 rings (SSSR count). The van der Waals surface area contributed by atoms with Gasteiger partial charge in [-0.25, -0.2) is 4.98 Å². The van der Waals surface area contributed by atoms with Crippen LogP contribution in [-0.2, 0) is 4.74 Å². The second kappa shape index (κ2) is 7.00. The molecule has 5 nitrogen and oxygen atoms in total. The number of rotatable bonds is 7. The van der Waals surface area contributed by atoms with Crippen molar-refractivity contribution in [2.24, 2.45) is 5.92 Å². The van der Waals surface area contributed by atoms with Gasteiger partial charge >= 0.3 is 0 Å². The van der Waals surface area contributed by atoms with Crippen LogP contribution in [0.25, 0.3) is 0 Å². The third kappa shape index (κ3) is 4.44. The highest BCUT2D eigenvalue weighted by atomic mass is 16.5. The molecule has 0 saturated carbocycles. The molecule has 0 aliphatic rings. The quantitative estimate of drug-likeness (QED) is 0.763. The van der Waals surface area contributed by atoms with E-state index in [0.29, 0.717) is 24.4 Å². The van der Waals surface area contributed by atoms with Crippen LogP contribution < -0.4 is 10.1 Å². The molecule has 16 heavy (non-hydrogen) atoms. The van der Waals surface area contributed by atoms with Crippen molar-refractivity contribution in [1.82, 2.24) is 9.97 Å². The molecule has 0 aliphatic heterocycles. The molecule has 1 unspecified atom stereocenters. The summed E-state index contributed by atoms with van der Waals surface area (Å²) in [6.07, 6.45) is 1.68. The molecule has 0 spiro atoms. The molecule has 0 saturated heterocycles. The van der Waals surface area contributed by atoms with Gasteiger partial charge in [0.25, 0.3) is 0 Å². The highest BCUT2D eigenvalue weighted by Crippen LogP contribution is 2.08. The third-order valence-electron chi connectivity index (χ3n) is 1.98.